The largest absolute Gasteiger partial charge is 0.379 e. The Kier molecular flexibility index (Phi) is 8.04. The first-order valence-electron chi connectivity index (χ1n) is 9.92. The fourth-order valence-electron chi connectivity index (χ4n) is 3.10. The number of hydrogen-bond donors (Lipinski definition) is 2. The topological polar surface area (TPSA) is 66.0 Å². The molecule has 0 aliphatic carbocycles. The quantitative estimate of drug-likeness (QED) is 0.561. The number of para-hydroxylation sites is 1. The smallest absolute Gasteiger partial charge is 0.257 e. The Balaban J connectivity index is 1.71. The molecule has 7 heteroatoms. The summed E-state index contributed by atoms with van der Waals surface area (Å²) in [6.45, 7) is 6.83. The molecular weight excluding hydrogens is 388 g/mol. The monoisotopic (exact) mass is 414 g/mol. The van der Waals surface area contributed by atoms with E-state index in [2.05, 4.69) is 33.5 Å². The van der Waals surface area contributed by atoms with Crippen molar-refractivity contribution in [3.8, 4) is 0 Å². The van der Waals surface area contributed by atoms with E-state index in [4.69, 9.17) is 16.3 Å². The molecule has 154 valence electrons. The number of anilines is 1. The van der Waals surface area contributed by atoms with Gasteiger partial charge in [-0.2, -0.15) is 0 Å². The van der Waals surface area contributed by atoms with E-state index < -0.39 is 0 Å². The number of aryl methyl sites for hydroxylation is 1. The van der Waals surface area contributed by atoms with Crippen LogP contribution >= 0.6 is 11.6 Å². The fourth-order valence-corrected chi connectivity index (χ4v) is 3.22. The van der Waals surface area contributed by atoms with Crippen LogP contribution in [-0.4, -0.2) is 56.2 Å². The van der Waals surface area contributed by atoms with Crippen LogP contribution in [0.3, 0.4) is 0 Å². The van der Waals surface area contributed by atoms with Gasteiger partial charge in [0.05, 0.1) is 19.8 Å². The Morgan fingerprint density at radius 3 is 2.59 bits per heavy atom. The molecule has 0 unspecified atom stereocenters. The first kappa shape index (κ1) is 21.3. The van der Waals surface area contributed by atoms with Crippen LogP contribution in [0.2, 0.25) is 5.02 Å². The summed E-state index contributed by atoms with van der Waals surface area (Å²) in [5.74, 6) is 0.215. The van der Waals surface area contributed by atoms with Crippen molar-refractivity contribution in [2.24, 2.45) is 4.99 Å². The van der Waals surface area contributed by atoms with E-state index in [0.717, 1.165) is 50.5 Å². The van der Waals surface area contributed by atoms with Crippen molar-refractivity contribution < 1.29 is 9.53 Å². The highest BCUT2D eigenvalue weighted by Gasteiger charge is 2.12. The summed E-state index contributed by atoms with van der Waals surface area (Å²) >= 11 is 5.92. The number of nitrogens with zero attached hydrogens (tertiary/aromatic N) is 2. The van der Waals surface area contributed by atoms with Crippen molar-refractivity contribution in [2.45, 2.75) is 13.3 Å². The Labute approximate surface area is 176 Å². The van der Waals surface area contributed by atoms with Crippen LogP contribution in [0.15, 0.2) is 53.5 Å². The van der Waals surface area contributed by atoms with Gasteiger partial charge in [0.15, 0.2) is 0 Å². The average molecular weight is 415 g/mol. The maximum atomic E-state index is 12.7. The minimum absolute atomic E-state index is 0.228. The third kappa shape index (κ3) is 6.56. The molecule has 0 saturated carbocycles. The molecule has 1 aliphatic heterocycles. The van der Waals surface area contributed by atoms with Crippen LogP contribution in [-0.2, 0) is 11.2 Å². The second-order valence-electron chi connectivity index (χ2n) is 6.78. The molecule has 3 rings (SSSR count). The van der Waals surface area contributed by atoms with Crippen LogP contribution in [0.25, 0.3) is 0 Å². The zero-order chi connectivity index (χ0) is 20.5. The molecule has 2 aromatic rings. The zero-order valence-corrected chi connectivity index (χ0v) is 17.4. The SMILES string of the molecule is CCc1ccccc1NC(=NCCN1CCOCC1)NC(=O)c1ccc(Cl)cc1. The standard InChI is InChI=1S/C22H27ClN4O2/c1-2-17-5-3-4-6-20(17)25-22(24-11-12-27-13-15-29-16-14-27)26-21(28)18-7-9-19(23)10-8-18/h3-10H,2,11-16H2,1H3,(H2,24,25,26,28). The second kappa shape index (κ2) is 11.0. The van der Waals surface area contributed by atoms with Gasteiger partial charge in [-0.1, -0.05) is 36.7 Å². The minimum Gasteiger partial charge on any atom is -0.379 e. The normalized spacial score (nSPS) is 15.2. The molecule has 1 aliphatic rings. The van der Waals surface area contributed by atoms with Crippen molar-refractivity contribution in [1.82, 2.24) is 10.2 Å². The molecule has 6 nitrogen and oxygen atoms in total. The first-order valence-corrected chi connectivity index (χ1v) is 10.3. The Morgan fingerprint density at radius 1 is 1.14 bits per heavy atom. The van der Waals surface area contributed by atoms with E-state index in [1.807, 2.05) is 18.2 Å². The summed E-state index contributed by atoms with van der Waals surface area (Å²) in [5, 5.41) is 6.79. The Morgan fingerprint density at radius 2 is 1.86 bits per heavy atom. The van der Waals surface area contributed by atoms with Crippen LogP contribution in [0.5, 0.6) is 0 Å². The fraction of sp³-hybridized carbons (Fsp3) is 0.364. The molecule has 29 heavy (non-hydrogen) atoms. The van der Waals surface area contributed by atoms with Gasteiger partial charge in [0.25, 0.3) is 5.91 Å². The van der Waals surface area contributed by atoms with E-state index in [0.29, 0.717) is 23.1 Å². The number of morpholine rings is 1. The number of aliphatic imine (C=N–C) groups is 1. The number of rotatable bonds is 6. The van der Waals surface area contributed by atoms with Crippen LogP contribution in [0.4, 0.5) is 5.69 Å². The number of amides is 1. The molecule has 0 atom stereocenters. The van der Waals surface area contributed by atoms with Crippen molar-refractivity contribution in [3.63, 3.8) is 0 Å². The van der Waals surface area contributed by atoms with Gasteiger partial charge < -0.3 is 10.1 Å². The molecule has 1 amide bonds. The predicted molar refractivity (Wildman–Crippen MR) is 118 cm³/mol. The predicted octanol–water partition coefficient (Wildman–Crippen LogP) is 3.43. The van der Waals surface area contributed by atoms with Crippen molar-refractivity contribution >= 4 is 29.2 Å². The number of carbonyl (C=O) groups is 1. The van der Waals surface area contributed by atoms with Crippen LogP contribution in [0.1, 0.15) is 22.8 Å². The molecule has 2 N–H and O–H groups in total. The van der Waals surface area contributed by atoms with Gasteiger partial charge in [-0.25, -0.2) is 0 Å². The Hall–Kier alpha value is -2.41. The third-order valence-corrected chi connectivity index (χ3v) is 5.03. The summed E-state index contributed by atoms with van der Waals surface area (Å²) in [7, 11) is 0. The number of ether oxygens (including phenoxy) is 1. The van der Waals surface area contributed by atoms with Gasteiger partial charge in [-0.05, 0) is 42.3 Å². The lowest BCUT2D eigenvalue weighted by atomic mass is 10.1. The van der Waals surface area contributed by atoms with Gasteiger partial charge in [-0.15, -0.1) is 0 Å². The van der Waals surface area contributed by atoms with Crippen LogP contribution < -0.4 is 10.6 Å². The number of guanidine groups is 1. The molecular formula is C22H27ClN4O2. The van der Waals surface area contributed by atoms with Gasteiger partial charge >= 0.3 is 0 Å². The van der Waals surface area contributed by atoms with Gasteiger partial charge in [-0.3, -0.25) is 20.0 Å². The lowest BCUT2D eigenvalue weighted by Crippen LogP contribution is -2.39. The summed E-state index contributed by atoms with van der Waals surface area (Å²) < 4.78 is 5.39. The Bertz CT molecular complexity index is 833. The van der Waals surface area contributed by atoms with E-state index in [-0.39, 0.29) is 5.91 Å². The van der Waals surface area contributed by atoms with E-state index in [1.165, 1.54) is 0 Å². The first-order chi connectivity index (χ1) is 14.2. The highest BCUT2D eigenvalue weighted by Crippen LogP contribution is 2.15. The molecule has 0 aromatic heterocycles. The molecule has 0 radical (unpaired) electrons. The second-order valence-corrected chi connectivity index (χ2v) is 7.22. The van der Waals surface area contributed by atoms with E-state index in [9.17, 15) is 4.79 Å². The number of nitrogens with one attached hydrogen (secondary N) is 2. The number of benzene rings is 2. The summed E-state index contributed by atoms with van der Waals surface area (Å²) in [4.78, 5) is 19.6. The lowest BCUT2D eigenvalue weighted by molar-refractivity contribution is 0.0394. The average Bonchev–Trinajstić information content (AvgIpc) is 2.75. The van der Waals surface area contributed by atoms with Crippen molar-refractivity contribution in [3.05, 3.63) is 64.7 Å². The lowest BCUT2D eigenvalue weighted by Gasteiger charge is -2.25. The highest BCUT2D eigenvalue weighted by atomic mass is 35.5. The third-order valence-electron chi connectivity index (χ3n) is 4.78. The van der Waals surface area contributed by atoms with Gasteiger partial charge in [0, 0.05) is 35.9 Å². The summed E-state index contributed by atoms with van der Waals surface area (Å²) in [5.41, 5.74) is 2.63. The summed E-state index contributed by atoms with van der Waals surface area (Å²) in [6.07, 6.45) is 0.884. The number of halogens is 1. The van der Waals surface area contributed by atoms with Gasteiger partial charge in [0.1, 0.15) is 0 Å². The number of carbonyl (C=O) groups excluding carboxylic acids is 1. The maximum Gasteiger partial charge on any atom is 0.257 e. The number of hydrogen-bond acceptors (Lipinski definition) is 4. The van der Waals surface area contributed by atoms with Crippen molar-refractivity contribution in [2.75, 3.05) is 44.7 Å². The zero-order valence-electron chi connectivity index (χ0n) is 16.7. The minimum atomic E-state index is -0.228. The van der Waals surface area contributed by atoms with Crippen molar-refractivity contribution in [1.29, 1.82) is 0 Å². The molecule has 1 fully saturated rings. The maximum absolute atomic E-state index is 12.7. The van der Waals surface area contributed by atoms with E-state index in [1.54, 1.807) is 24.3 Å². The van der Waals surface area contributed by atoms with Gasteiger partial charge in [0.2, 0.25) is 5.96 Å². The van der Waals surface area contributed by atoms with E-state index >= 15 is 0 Å². The molecule has 0 spiro atoms. The molecule has 0 bridgehead atoms. The highest BCUT2D eigenvalue weighted by molar-refractivity contribution is 6.30. The summed E-state index contributed by atoms with van der Waals surface area (Å²) in [6, 6.07) is 14.8. The molecule has 2 aromatic carbocycles. The van der Waals surface area contributed by atoms with Crippen LogP contribution in [0, 0.1) is 0 Å². The molecule has 1 heterocycles. The molecule has 1 saturated heterocycles.